The fourth-order valence-corrected chi connectivity index (χ4v) is 4.89. The van der Waals surface area contributed by atoms with Crippen molar-refractivity contribution < 1.29 is 13.2 Å². The average molecular weight is 421 g/mol. The largest absolute Gasteiger partial charge is 0.353 e. The molecular formula is C21H28N2O3S2. The Bertz CT molecular complexity index is 896. The van der Waals surface area contributed by atoms with E-state index in [1.807, 2.05) is 26.8 Å². The van der Waals surface area contributed by atoms with Gasteiger partial charge in [-0.3, -0.25) is 9.10 Å². The molecule has 0 aliphatic rings. The average Bonchev–Trinajstić information content (AvgIpc) is 2.63. The summed E-state index contributed by atoms with van der Waals surface area (Å²) in [6.07, 6.45) is 1.52. The van der Waals surface area contributed by atoms with Crippen LogP contribution in [0.2, 0.25) is 0 Å². The highest BCUT2D eigenvalue weighted by Gasteiger charge is 2.31. The minimum Gasteiger partial charge on any atom is -0.353 e. The number of amides is 1. The Kier molecular flexibility index (Phi) is 7.95. The third kappa shape index (κ3) is 6.27. The van der Waals surface area contributed by atoms with Crippen LogP contribution in [0, 0.1) is 13.8 Å². The molecule has 0 aromatic heterocycles. The first-order valence-electron chi connectivity index (χ1n) is 9.25. The van der Waals surface area contributed by atoms with Crippen molar-refractivity contribution in [1.82, 2.24) is 5.32 Å². The fourth-order valence-electron chi connectivity index (χ4n) is 2.92. The zero-order chi connectivity index (χ0) is 20.7. The number of nitrogens with zero attached hydrogens (tertiary/aromatic N) is 1. The van der Waals surface area contributed by atoms with Crippen LogP contribution in [0.5, 0.6) is 0 Å². The van der Waals surface area contributed by atoms with Gasteiger partial charge in [0.25, 0.3) is 0 Å². The molecule has 1 amide bonds. The molecule has 0 spiro atoms. The third-order valence-electron chi connectivity index (χ3n) is 4.28. The van der Waals surface area contributed by atoms with Gasteiger partial charge in [0, 0.05) is 17.2 Å². The van der Waals surface area contributed by atoms with Gasteiger partial charge in [-0.15, -0.1) is 11.8 Å². The molecule has 152 valence electrons. The van der Waals surface area contributed by atoms with Crippen LogP contribution in [-0.4, -0.2) is 38.9 Å². The molecule has 2 rings (SSSR count). The molecule has 0 saturated carbocycles. The lowest BCUT2D eigenvalue weighted by Gasteiger charge is -2.30. The van der Waals surface area contributed by atoms with Crippen molar-refractivity contribution >= 4 is 33.4 Å². The number of sulfonamides is 1. The van der Waals surface area contributed by atoms with Crippen LogP contribution in [0.1, 0.15) is 24.5 Å². The number of benzene rings is 2. The minimum absolute atomic E-state index is 0.279. The van der Waals surface area contributed by atoms with E-state index in [9.17, 15) is 13.2 Å². The maximum Gasteiger partial charge on any atom is 0.243 e. The number of aryl methyl sites for hydroxylation is 2. The molecule has 1 atom stereocenters. The lowest BCUT2D eigenvalue weighted by molar-refractivity contribution is -0.122. The van der Waals surface area contributed by atoms with Gasteiger partial charge in [0.15, 0.2) is 0 Å². The van der Waals surface area contributed by atoms with Crippen molar-refractivity contribution in [2.75, 3.05) is 22.9 Å². The number of rotatable bonds is 9. The summed E-state index contributed by atoms with van der Waals surface area (Å²) >= 11 is 1.66. The first-order chi connectivity index (χ1) is 13.2. The maximum atomic E-state index is 12.8. The van der Waals surface area contributed by atoms with Crippen molar-refractivity contribution in [3.63, 3.8) is 0 Å². The van der Waals surface area contributed by atoms with Crippen LogP contribution >= 0.6 is 11.8 Å². The number of carbonyl (C=O) groups excluding carboxylic acids is 1. The van der Waals surface area contributed by atoms with Gasteiger partial charge < -0.3 is 5.32 Å². The van der Waals surface area contributed by atoms with Crippen molar-refractivity contribution in [2.24, 2.45) is 0 Å². The molecule has 7 heteroatoms. The van der Waals surface area contributed by atoms with E-state index >= 15 is 0 Å². The van der Waals surface area contributed by atoms with Gasteiger partial charge in [0.1, 0.15) is 6.04 Å². The summed E-state index contributed by atoms with van der Waals surface area (Å²) in [5.41, 5.74) is 2.66. The Hall–Kier alpha value is -1.99. The summed E-state index contributed by atoms with van der Waals surface area (Å²) in [5, 5.41) is 2.89. The zero-order valence-electron chi connectivity index (χ0n) is 16.8. The predicted molar refractivity (Wildman–Crippen MR) is 117 cm³/mol. The number of thioether (sulfide) groups is 1. The molecule has 0 aliphatic carbocycles. The lowest BCUT2D eigenvalue weighted by Crippen LogP contribution is -2.49. The van der Waals surface area contributed by atoms with Crippen LogP contribution in [0.15, 0.2) is 53.4 Å². The van der Waals surface area contributed by atoms with E-state index in [0.29, 0.717) is 24.4 Å². The van der Waals surface area contributed by atoms with Gasteiger partial charge in [-0.05, 0) is 50.1 Å². The fraction of sp³-hybridized carbons (Fsp3) is 0.381. The highest BCUT2D eigenvalue weighted by atomic mass is 32.2. The molecule has 0 saturated heterocycles. The molecule has 0 bridgehead atoms. The molecule has 2 aromatic rings. The Balaban J connectivity index is 2.04. The third-order valence-corrected chi connectivity index (χ3v) is 6.47. The molecular weight excluding hydrogens is 392 g/mol. The van der Waals surface area contributed by atoms with Gasteiger partial charge in [-0.25, -0.2) is 8.42 Å². The molecule has 0 heterocycles. The van der Waals surface area contributed by atoms with E-state index in [-0.39, 0.29) is 5.91 Å². The molecule has 2 aromatic carbocycles. The predicted octanol–water partition coefficient (Wildman–Crippen LogP) is 3.76. The summed E-state index contributed by atoms with van der Waals surface area (Å²) in [6.45, 7) is 6.23. The van der Waals surface area contributed by atoms with E-state index in [1.165, 1.54) is 9.87 Å². The van der Waals surface area contributed by atoms with Crippen molar-refractivity contribution in [3.05, 3.63) is 59.7 Å². The SMILES string of the molecule is CC[C@@H](C(=O)NCCSc1ccc(C)cc1)N(c1cccc(C)c1)S(C)(=O)=O. The van der Waals surface area contributed by atoms with Crippen LogP contribution in [-0.2, 0) is 14.8 Å². The molecule has 0 fully saturated rings. The molecule has 0 aliphatic heterocycles. The number of carbonyl (C=O) groups is 1. The highest BCUT2D eigenvalue weighted by Crippen LogP contribution is 2.23. The first kappa shape index (κ1) is 22.3. The van der Waals surface area contributed by atoms with E-state index in [4.69, 9.17) is 0 Å². The normalized spacial score (nSPS) is 12.4. The van der Waals surface area contributed by atoms with Crippen molar-refractivity contribution in [2.45, 2.75) is 38.1 Å². The highest BCUT2D eigenvalue weighted by molar-refractivity contribution is 7.99. The summed E-state index contributed by atoms with van der Waals surface area (Å²) in [5.74, 6) is 0.438. The number of anilines is 1. The van der Waals surface area contributed by atoms with Gasteiger partial charge in [-0.2, -0.15) is 0 Å². The van der Waals surface area contributed by atoms with Crippen LogP contribution in [0.4, 0.5) is 5.69 Å². The summed E-state index contributed by atoms with van der Waals surface area (Å²) in [4.78, 5) is 13.9. The number of hydrogen-bond donors (Lipinski definition) is 1. The summed E-state index contributed by atoms with van der Waals surface area (Å²) in [7, 11) is -3.60. The monoisotopic (exact) mass is 420 g/mol. The van der Waals surface area contributed by atoms with Crippen LogP contribution < -0.4 is 9.62 Å². The zero-order valence-corrected chi connectivity index (χ0v) is 18.4. The van der Waals surface area contributed by atoms with E-state index in [0.717, 1.165) is 16.7 Å². The summed E-state index contributed by atoms with van der Waals surface area (Å²) in [6, 6.07) is 14.6. The van der Waals surface area contributed by atoms with Crippen LogP contribution in [0.3, 0.4) is 0 Å². The Morgan fingerprint density at radius 3 is 2.36 bits per heavy atom. The molecule has 0 radical (unpaired) electrons. The quantitative estimate of drug-likeness (QED) is 0.496. The topological polar surface area (TPSA) is 66.5 Å². The van der Waals surface area contributed by atoms with Crippen molar-refractivity contribution in [3.8, 4) is 0 Å². The Labute approximate surface area is 172 Å². The molecule has 28 heavy (non-hydrogen) atoms. The minimum atomic E-state index is -3.60. The smallest absolute Gasteiger partial charge is 0.243 e. The Morgan fingerprint density at radius 2 is 1.79 bits per heavy atom. The number of nitrogens with one attached hydrogen (secondary N) is 1. The molecule has 0 unspecified atom stereocenters. The van der Waals surface area contributed by atoms with E-state index < -0.39 is 16.1 Å². The van der Waals surface area contributed by atoms with Gasteiger partial charge in [0.05, 0.1) is 11.9 Å². The maximum absolute atomic E-state index is 12.8. The van der Waals surface area contributed by atoms with Gasteiger partial charge in [-0.1, -0.05) is 36.8 Å². The van der Waals surface area contributed by atoms with Crippen molar-refractivity contribution in [1.29, 1.82) is 0 Å². The Morgan fingerprint density at radius 1 is 1.11 bits per heavy atom. The lowest BCUT2D eigenvalue weighted by atomic mass is 10.1. The first-order valence-corrected chi connectivity index (χ1v) is 12.1. The molecule has 1 N–H and O–H groups in total. The van der Waals surface area contributed by atoms with Gasteiger partial charge in [0.2, 0.25) is 15.9 Å². The number of hydrogen-bond acceptors (Lipinski definition) is 4. The van der Waals surface area contributed by atoms with E-state index in [1.54, 1.807) is 30.0 Å². The second-order valence-corrected chi connectivity index (χ2v) is 9.80. The second-order valence-electron chi connectivity index (χ2n) is 6.77. The van der Waals surface area contributed by atoms with E-state index in [2.05, 4.69) is 29.6 Å². The second kappa shape index (κ2) is 9.98. The van der Waals surface area contributed by atoms with Gasteiger partial charge >= 0.3 is 0 Å². The van der Waals surface area contributed by atoms with Crippen LogP contribution in [0.25, 0.3) is 0 Å². The molecule has 5 nitrogen and oxygen atoms in total. The summed E-state index contributed by atoms with van der Waals surface area (Å²) < 4.78 is 26.1. The standard InChI is InChI=1S/C21H28N2O3S2/c1-5-20(23(28(4,25)26)18-8-6-7-17(3)15-18)21(24)22-13-14-27-19-11-9-16(2)10-12-19/h6-12,15,20H,5,13-14H2,1-4H3,(H,22,24)/t20-/m0/s1.